The van der Waals surface area contributed by atoms with Crippen LogP contribution in [0.3, 0.4) is 0 Å². The number of rotatable bonds is 5. The normalized spacial score (nSPS) is 18.2. The summed E-state index contributed by atoms with van der Waals surface area (Å²) in [6.45, 7) is 3.49. The number of hydrogen-bond acceptors (Lipinski definition) is 8. The van der Waals surface area contributed by atoms with Crippen LogP contribution in [0.5, 0.6) is 0 Å². The van der Waals surface area contributed by atoms with Gasteiger partial charge >= 0.3 is 11.9 Å². The molecular weight excluding hydrogens is 484 g/mol. The fourth-order valence-electron chi connectivity index (χ4n) is 4.95. The number of benzene rings is 2. The first-order chi connectivity index (χ1) is 18.3. The SMILES string of the molecule is COC(=O)C1=C(C(=O)OC)N(c2cccc(C(=O)N3CCC(C)CC3)c2)C(N)=C(C#N)C1c1ccccc1. The van der Waals surface area contributed by atoms with Gasteiger partial charge in [-0.15, -0.1) is 0 Å². The van der Waals surface area contributed by atoms with E-state index in [4.69, 9.17) is 15.2 Å². The van der Waals surface area contributed by atoms with Crippen molar-refractivity contribution < 1.29 is 23.9 Å². The van der Waals surface area contributed by atoms with Crippen molar-refractivity contribution in [2.24, 2.45) is 11.7 Å². The minimum absolute atomic E-state index is 0.0502. The van der Waals surface area contributed by atoms with Crippen LogP contribution < -0.4 is 10.6 Å². The van der Waals surface area contributed by atoms with E-state index in [2.05, 4.69) is 13.0 Å². The molecule has 1 saturated heterocycles. The van der Waals surface area contributed by atoms with Gasteiger partial charge in [-0.3, -0.25) is 9.69 Å². The first kappa shape index (κ1) is 26.5. The Kier molecular flexibility index (Phi) is 7.82. The molecule has 2 aromatic carbocycles. The monoisotopic (exact) mass is 514 g/mol. The molecule has 2 aliphatic rings. The highest BCUT2D eigenvalue weighted by molar-refractivity contribution is 6.06. The van der Waals surface area contributed by atoms with Crippen molar-refractivity contribution in [3.63, 3.8) is 0 Å². The summed E-state index contributed by atoms with van der Waals surface area (Å²) in [5.74, 6) is -2.23. The molecule has 0 aromatic heterocycles. The zero-order chi connectivity index (χ0) is 27.4. The quantitative estimate of drug-likeness (QED) is 0.602. The Bertz CT molecular complexity index is 1350. The molecule has 1 unspecified atom stereocenters. The van der Waals surface area contributed by atoms with Crippen LogP contribution in [0.2, 0.25) is 0 Å². The predicted molar refractivity (Wildman–Crippen MR) is 140 cm³/mol. The minimum Gasteiger partial charge on any atom is -0.466 e. The number of anilines is 1. The summed E-state index contributed by atoms with van der Waals surface area (Å²) in [5, 5.41) is 10.2. The second kappa shape index (κ2) is 11.2. The zero-order valence-corrected chi connectivity index (χ0v) is 21.6. The molecule has 1 fully saturated rings. The number of carbonyl (C=O) groups is 3. The molecule has 0 bridgehead atoms. The van der Waals surface area contributed by atoms with Gasteiger partial charge in [0.1, 0.15) is 11.5 Å². The van der Waals surface area contributed by atoms with E-state index in [-0.39, 0.29) is 28.6 Å². The maximum atomic E-state index is 13.3. The van der Waals surface area contributed by atoms with E-state index in [9.17, 15) is 19.6 Å². The lowest BCUT2D eigenvalue weighted by atomic mass is 9.81. The summed E-state index contributed by atoms with van der Waals surface area (Å²) in [4.78, 5) is 42.8. The first-order valence-electron chi connectivity index (χ1n) is 12.4. The first-order valence-corrected chi connectivity index (χ1v) is 12.4. The van der Waals surface area contributed by atoms with Crippen molar-refractivity contribution in [3.05, 3.63) is 88.4 Å². The number of nitrogens with zero attached hydrogens (tertiary/aromatic N) is 3. The van der Waals surface area contributed by atoms with E-state index < -0.39 is 17.9 Å². The second-order valence-electron chi connectivity index (χ2n) is 9.36. The number of hydrogen-bond donors (Lipinski definition) is 1. The minimum atomic E-state index is -0.959. The van der Waals surface area contributed by atoms with Crippen LogP contribution in [0.25, 0.3) is 0 Å². The number of amides is 1. The molecule has 38 heavy (non-hydrogen) atoms. The van der Waals surface area contributed by atoms with Crippen molar-refractivity contribution >= 4 is 23.5 Å². The van der Waals surface area contributed by atoms with Gasteiger partial charge in [0.25, 0.3) is 5.91 Å². The topological polar surface area (TPSA) is 126 Å². The number of esters is 2. The third-order valence-corrected chi connectivity index (χ3v) is 7.03. The smallest absolute Gasteiger partial charge is 0.355 e. The van der Waals surface area contributed by atoms with Crippen LogP contribution in [-0.2, 0) is 19.1 Å². The van der Waals surface area contributed by atoms with Crippen molar-refractivity contribution in [2.75, 3.05) is 32.2 Å². The van der Waals surface area contributed by atoms with Crippen LogP contribution in [0.1, 0.15) is 41.6 Å². The summed E-state index contributed by atoms with van der Waals surface area (Å²) in [6.07, 6.45) is 1.86. The lowest BCUT2D eigenvalue weighted by Crippen LogP contribution is -2.41. The van der Waals surface area contributed by atoms with Gasteiger partial charge < -0.3 is 20.1 Å². The van der Waals surface area contributed by atoms with Crippen LogP contribution >= 0.6 is 0 Å². The number of nitrogens with two attached hydrogens (primary N) is 1. The Morgan fingerprint density at radius 3 is 2.24 bits per heavy atom. The number of nitriles is 1. The molecule has 2 aliphatic heterocycles. The van der Waals surface area contributed by atoms with E-state index >= 15 is 0 Å². The fourth-order valence-corrected chi connectivity index (χ4v) is 4.95. The summed E-state index contributed by atoms with van der Waals surface area (Å²) >= 11 is 0. The van der Waals surface area contributed by atoms with E-state index in [0.29, 0.717) is 35.8 Å². The summed E-state index contributed by atoms with van der Waals surface area (Å²) in [6, 6.07) is 17.5. The maximum absolute atomic E-state index is 13.3. The maximum Gasteiger partial charge on any atom is 0.355 e. The number of likely N-dealkylation sites (tertiary alicyclic amines) is 1. The summed E-state index contributed by atoms with van der Waals surface area (Å²) in [7, 11) is 2.39. The van der Waals surface area contributed by atoms with Crippen LogP contribution in [-0.4, -0.2) is 50.1 Å². The molecule has 9 heteroatoms. The number of ether oxygens (including phenoxy) is 2. The van der Waals surface area contributed by atoms with Crippen LogP contribution in [0, 0.1) is 17.2 Å². The number of piperidine rings is 1. The molecule has 4 rings (SSSR count). The average Bonchev–Trinajstić information content (AvgIpc) is 2.96. The van der Waals surface area contributed by atoms with E-state index in [0.717, 1.165) is 12.8 Å². The van der Waals surface area contributed by atoms with E-state index in [1.807, 2.05) is 0 Å². The molecular formula is C29H30N4O5. The van der Waals surface area contributed by atoms with Gasteiger partial charge in [0.2, 0.25) is 0 Å². The Morgan fingerprint density at radius 1 is 0.974 bits per heavy atom. The molecule has 0 aliphatic carbocycles. The lowest BCUT2D eigenvalue weighted by Gasteiger charge is -2.36. The van der Waals surface area contributed by atoms with Gasteiger partial charge in [0.15, 0.2) is 0 Å². The van der Waals surface area contributed by atoms with E-state index in [1.54, 1.807) is 59.5 Å². The molecule has 1 amide bonds. The summed E-state index contributed by atoms with van der Waals surface area (Å²) < 4.78 is 10.1. The predicted octanol–water partition coefficient (Wildman–Crippen LogP) is 3.46. The molecule has 2 aromatic rings. The average molecular weight is 515 g/mol. The third kappa shape index (κ3) is 4.85. The van der Waals surface area contributed by atoms with E-state index in [1.165, 1.54) is 19.1 Å². The lowest BCUT2D eigenvalue weighted by molar-refractivity contribution is -0.139. The number of carbonyl (C=O) groups excluding carboxylic acids is 3. The molecule has 9 nitrogen and oxygen atoms in total. The van der Waals surface area contributed by atoms with Crippen molar-refractivity contribution in [3.8, 4) is 6.07 Å². The van der Waals surface area contributed by atoms with Crippen LogP contribution in [0.15, 0.2) is 77.3 Å². The second-order valence-corrected chi connectivity index (χ2v) is 9.36. The Labute approximate surface area is 221 Å². The molecule has 1 atom stereocenters. The number of methoxy groups -OCH3 is 2. The van der Waals surface area contributed by atoms with Gasteiger partial charge in [0.05, 0.1) is 37.4 Å². The fraction of sp³-hybridized carbons (Fsp3) is 0.310. The van der Waals surface area contributed by atoms with Crippen molar-refractivity contribution in [2.45, 2.75) is 25.7 Å². The molecule has 0 spiro atoms. The van der Waals surface area contributed by atoms with Gasteiger partial charge in [-0.05, 0) is 42.5 Å². The summed E-state index contributed by atoms with van der Waals surface area (Å²) in [5.41, 5.74) is 7.67. The molecule has 2 N–H and O–H groups in total. The van der Waals surface area contributed by atoms with Crippen LogP contribution in [0.4, 0.5) is 5.69 Å². The third-order valence-electron chi connectivity index (χ3n) is 7.03. The Balaban J connectivity index is 1.90. The molecule has 196 valence electrons. The highest BCUT2D eigenvalue weighted by Gasteiger charge is 2.43. The molecule has 0 radical (unpaired) electrons. The van der Waals surface area contributed by atoms with Gasteiger partial charge in [0, 0.05) is 24.3 Å². The zero-order valence-electron chi connectivity index (χ0n) is 21.6. The Morgan fingerprint density at radius 2 is 1.63 bits per heavy atom. The highest BCUT2D eigenvalue weighted by atomic mass is 16.5. The van der Waals surface area contributed by atoms with Crippen molar-refractivity contribution in [1.82, 2.24) is 4.90 Å². The molecule has 0 saturated carbocycles. The highest BCUT2D eigenvalue weighted by Crippen LogP contribution is 2.43. The standard InChI is InChI=1S/C29H30N4O5/c1-18-12-14-32(15-13-18)27(34)20-10-7-11-21(16-20)33-25(29(36)38-3)24(28(35)37-2)23(22(17-30)26(33)31)19-8-5-4-6-9-19/h4-11,16,18,23H,12-15,31H2,1-3H3. The largest absolute Gasteiger partial charge is 0.466 e. The van der Waals surface area contributed by atoms with Crippen molar-refractivity contribution in [1.29, 1.82) is 5.26 Å². The Hall–Kier alpha value is -4.58. The van der Waals surface area contributed by atoms with Gasteiger partial charge in [-0.1, -0.05) is 43.3 Å². The number of allylic oxidation sites excluding steroid dienone is 1. The van der Waals surface area contributed by atoms with Gasteiger partial charge in [-0.25, -0.2) is 9.59 Å². The molecule has 2 heterocycles. The van der Waals surface area contributed by atoms with Gasteiger partial charge in [-0.2, -0.15) is 5.26 Å².